The minimum atomic E-state index is -3.80. The molecule has 1 aliphatic heterocycles. The van der Waals surface area contributed by atoms with Crippen LogP contribution in [0.4, 0.5) is 0 Å². The SMILES string of the molecule is COc1ccc(S(=O)(=O)NC(C(=O)N2CCNC(C)C2)C(C)C)cc1.Cl. The number of halogens is 1. The number of piperazine rings is 1. The normalized spacial score (nSPS) is 19.0. The van der Waals surface area contributed by atoms with Crippen LogP contribution in [0.5, 0.6) is 5.75 Å². The fourth-order valence-corrected chi connectivity index (χ4v) is 4.13. The van der Waals surface area contributed by atoms with Crippen LogP contribution in [0, 0.1) is 5.92 Å². The summed E-state index contributed by atoms with van der Waals surface area (Å²) in [5, 5.41) is 3.28. The smallest absolute Gasteiger partial charge is 0.241 e. The Balaban J connectivity index is 0.00000338. The monoisotopic (exact) mass is 405 g/mol. The van der Waals surface area contributed by atoms with Gasteiger partial charge in [-0.2, -0.15) is 4.72 Å². The van der Waals surface area contributed by atoms with Crippen LogP contribution in [0.3, 0.4) is 0 Å². The average molecular weight is 406 g/mol. The number of hydrogen-bond acceptors (Lipinski definition) is 5. The first-order valence-corrected chi connectivity index (χ1v) is 9.91. The third-order valence-electron chi connectivity index (χ3n) is 4.27. The Morgan fingerprint density at radius 2 is 1.92 bits per heavy atom. The van der Waals surface area contributed by atoms with Gasteiger partial charge < -0.3 is 15.0 Å². The Bertz CT molecular complexity index is 694. The molecule has 2 rings (SSSR count). The summed E-state index contributed by atoms with van der Waals surface area (Å²) in [5.74, 6) is 0.233. The lowest BCUT2D eigenvalue weighted by atomic mass is 10.0. The van der Waals surface area contributed by atoms with Crippen molar-refractivity contribution in [1.29, 1.82) is 0 Å². The fraction of sp³-hybridized carbons (Fsp3) is 0.588. The molecule has 1 aromatic carbocycles. The number of nitrogens with one attached hydrogen (secondary N) is 2. The molecule has 0 aliphatic carbocycles. The van der Waals surface area contributed by atoms with Crippen molar-refractivity contribution in [3.8, 4) is 5.75 Å². The van der Waals surface area contributed by atoms with Gasteiger partial charge in [0.2, 0.25) is 15.9 Å². The topological polar surface area (TPSA) is 87.7 Å². The van der Waals surface area contributed by atoms with E-state index in [1.54, 1.807) is 17.0 Å². The molecule has 1 saturated heterocycles. The standard InChI is InChI=1S/C17H27N3O4S.ClH/c1-12(2)16(17(21)20-10-9-18-13(3)11-20)19-25(22,23)15-7-5-14(24-4)6-8-15;/h5-8,12-13,16,18-19H,9-11H2,1-4H3;1H. The van der Waals surface area contributed by atoms with Crippen LogP contribution >= 0.6 is 12.4 Å². The van der Waals surface area contributed by atoms with Gasteiger partial charge in [-0.1, -0.05) is 13.8 Å². The number of ether oxygens (including phenoxy) is 1. The highest BCUT2D eigenvalue weighted by Crippen LogP contribution is 2.18. The van der Waals surface area contributed by atoms with Crippen molar-refractivity contribution < 1.29 is 17.9 Å². The largest absolute Gasteiger partial charge is 0.497 e. The third-order valence-corrected chi connectivity index (χ3v) is 5.72. The van der Waals surface area contributed by atoms with Gasteiger partial charge in [0.25, 0.3) is 0 Å². The summed E-state index contributed by atoms with van der Waals surface area (Å²) in [6, 6.07) is 5.50. The first-order valence-electron chi connectivity index (χ1n) is 8.43. The predicted molar refractivity (Wildman–Crippen MR) is 103 cm³/mol. The first-order chi connectivity index (χ1) is 11.7. The summed E-state index contributed by atoms with van der Waals surface area (Å²) < 4.78 is 33.0. The minimum Gasteiger partial charge on any atom is -0.497 e. The summed E-state index contributed by atoms with van der Waals surface area (Å²) >= 11 is 0. The van der Waals surface area contributed by atoms with E-state index in [2.05, 4.69) is 10.0 Å². The van der Waals surface area contributed by atoms with Crippen LogP contribution < -0.4 is 14.8 Å². The summed E-state index contributed by atoms with van der Waals surface area (Å²) in [6.45, 7) is 7.55. The van der Waals surface area contributed by atoms with E-state index in [0.717, 1.165) is 0 Å². The molecule has 1 aliphatic rings. The second-order valence-corrected chi connectivity index (χ2v) is 8.37. The number of sulfonamides is 1. The quantitative estimate of drug-likeness (QED) is 0.743. The molecule has 2 unspecified atom stereocenters. The molecule has 0 aromatic heterocycles. The number of methoxy groups -OCH3 is 1. The highest BCUT2D eigenvalue weighted by atomic mass is 35.5. The third kappa shape index (κ3) is 5.57. The first kappa shape index (κ1) is 22.7. The summed E-state index contributed by atoms with van der Waals surface area (Å²) in [4.78, 5) is 14.7. The molecule has 1 aromatic rings. The van der Waals surface area contributed by atoms with Gasteiger partial charge in [0.15, 0.2) is 0 Å². The maximum atomic E-state index is 12.8. The van der Waals surface area contributed by atoms with Gasteiger partial charge in [-0.3, -0.25) is 4.79 Å². The number of carbonyl (C=O) groups is 1. The van der Waals surface area contributed by atoms with E-state index in [4.69, 9.17) is 4.74 Å². The van der Waals surface area contributed by atoms with Crippen molar-refractivity contribution in [3.05, 3.63) is 24.3 Å². The highest BCUT2D eigenvalue weighted by molar-refractivity contribution is 7.89. The second kappa shape index (κ2) is 9.55. The van der Waals surface area contributed by atoms with E-state index < -0.39 is 16.1 Å². The van der Waals surface area contributed by atoms with Crippen molar-refractivity contribution >= 4 is 28.3 Å². The predicted octanol–water partition coefficient (Wildman–Crippen LogP) is 1.24. The van der Waals surface area contributed by atoms with Gasteiger partial charge in [0.05, 0.1) is 12.0 Å². The van der Waals surface area contributed by atoms with Crippen LogP contribution in [0.25, 0.3) is 0 Å². The van der Waals surface area contributed by atoms with Crippen LogP contribution in [-0.2, 0) is 14.8 Å². The van der Waals surface area contributed by atoms with Crippen LogP contribution in [0.15, 0.2) is 29.2 Å². The lowest BCUT2D eigenvalue weighted by molar-refractivity contribution is -0.135. The molecule has 2 atom stereocenters. The molecular weight excluding hydrogens is 378 g/mol. The molecule has 148 valence electrons. The molecule has 1 heterocycles. The van der Waals surface area contributed by atoms with Crippen LogP contribution in [0.1, 0.15) is 20.8 Å². The number of carbonyl (C=O) groups excluding carboxylic acids is 1. The molecule has 26 heavy (non-hydrogen) atoms. The molecule has 0 saturated carbocycles. The number of rotatable bonds is 6. The van der Waals surface area contributed by atoms with E-state index >= 15 is 0 Å². The van der Waals surface area contributed by atoms with E-state index in [0.29, 0.717) is 25.4 Å². The number of nitrogens with zero attached hydrogens (tertiary/aromatic N) is 1. The van der Waals surface area contributed by atoms with E-state index in [9.17, 15) is 13.2 Å². The minimum absolute atomic E-state index is 0. The molecule has 1 amide bonds. The average Bonchev–Trinajstić information content (AvgIpc) is 2.59. The molecule has 0 radical (unpaired) electrons. The fourth-order valence-electron chi connectivity index (χ4n) is 2.79. The van der Waals surface area contributed by atoms with Gasteiger partial charge in [-0.05, 0) is 37.1 Å². The van der Waals surface area contributed by atoms with E-state index in [1.165, 1.54) is 19.2 Å². The molecule has 7 nitrogen and oxygen atoms in total. The van der Waals surface area contributed by atoms with Gasteiger partial charge in [0.1, 0.15) is 11.8 Å². The molecule has 2 N–H and O–H groups in total. The number of amides is 1. The zero-order chi connectivity index (χ0) is 18.6. The molecule has 9 heteroatoms. The summed E-state index contributed by atoms with van der Waals surface area (Å²) in [5.41, 5.74) is 0. The van der Waals surface area contributed by atoms with Gasteiger partial charge in [0, 0.05) is 25.7 Å². The Morgan fingerprint density at radius 3 is 2.42 bits per heavy atom. The highest BCUT2D eigenvalue weighted by Gasteiger charge is 2.33. The second-order valence-electron chi connectivity index (χ2n) is 6.66. The van der Waals surface area contributed by atoms with Crippen LogP contribution in [-0.4, -0.2) is 58.1 Å². The van der Waals surface area contributed by atoms with Crippen molar-refractivity contribution in [2.75, 3.05) is 26.7 Å². The number of hydrogen-bond donors (Lipinski definition) is 2. The molecule has 1 fully saturated rings. The lowest BCUT2D eigenvalue weighted by Crippen LogP contribution is -2.57. The van der Waals surface area contributed by atoms with Crippen molar-refractivity contribution in [3.63, 3.8) is 0 Å². The molecule has 0 bridgehead atoms. The Labute approximate surface area is 161 Å². The maximum Gasteiger partial charge on any atom is 0.241 e. The lowest BCUT2D eigenvalue weighted by Gasteiger charge is -2.35. The molecule has 0 spiro atoms. The zero-order valence-electron chi connectivity index (χ0n) is 15.6. The van der Waals surface area contributed by atoms with Gasteiger partial charge in [-0.25, -0.2) is 8.42 Å². The number of benzene rings is 1. The Kier molecular flexibility index (Phi) is 8.33. The maximum absolute atomic E-state index is 12.8. The Morgan fingerprint density at radius 1 is 1.31 bits per heavy atom. The van der Waals surface area contributed by atoms with Crippen molar-refractivity contribution in [2.24, 2.45) is 5.92 Å². The zero-order valence-corrected chi connectivity index (χ0v) is 17.2. The molecular formula is C17H28ClN3O4S. The summed E-state index contributed by atoms with van der Waals surface area (Å²) in [6.07, 6.45) is 0. The van der Waals surface area contributed by atoms with E-state index in [-0.39, 0.29) is 35.2 Å². The van der Waals surface area contributed by atoms with E-state index in [1.807, 2.05) is 20.8 Å². The van der Waals surface area contributed by atoms with Gasteiger partial charge in [-0.15, -0.1) is 12.4 Å². The van der Waals surface area contributed by atoms with Crippen molar-refractivity contribution in [2.45, 2.75) is 37.8 Å². The van der Waals surface area contributed by atoms with Crippen LogP contribution in [0.2, 0.25) is 0 Å². The van der Waals surface area contributed by atoms with Gasteiger partial charge >= 0.3 is 0 Å². The van der Waals surface area contributed by atoms with Crippen molar-refractivity contribution in [1.82, 2.24) is 14.9 Å². The summed E-state index contributed by atoms with van der Waals surface area (Å²) in [7, 11) is -2.28. The Hall–Kier alpha value is -1.35.